The quantitative estimate of drug-likeness (QED) is 0.873. The van der Waals surface area contributed by atoms with Gasteiger partial charge in [-0.3, -0.25) is 0 Å². The van der Waals surface area contributed by atoms with E-state index in [-0.39, 0.29) is 5.54 Å². The Hall–Kier alpha value is -0.910. The lowest BCUT2D eigenvalue weighted by atomic mass is 9.77. The average molecular weight is 310 g/mol. The molecule has 118 valence electrons. The summed E-state index contributed by atoms with van der Waals surface area (Å²) in [7, 11) is -3.11. The topological polar surface area (TPSA) is 72.2 Å². The minimum Gasteiger partial charge on any atom is -0.324 e. The van der Waals surface area contributed by atoms with Crippen molar-refractivity contribution in [2.75, 3.05) is 12.8 Å². The predicted molar refractivity (Wildman–Crippen MR) is 85.8 cm³/mol. The Labute approximate surface area is 128 Å². The van der Waals surface area contributed by atoms with Crippen LogP contribution in [0.15, 0.2) is 29.2 Å². The smallest absolute Gasteiger partial charge is 0.175 e. The predicted octanol–water partition coefficient (Wildman–Crippen LogP) is 2.09. The number of rotatable bonds is 5. The largest absolute Gasteiger partial charge is 0.324 e. The van der Waals surface area contributed by atoms with Gasteiger partial charge in [0, 0.05) is 24.9 Å². The molecule has 21 heavy (non-hydrogen) atoms. The van der Waals surface area contributed by atoms with E-state index in [2.05, 4.69) is 12.2 Å². The molecule has 0 saturated heterocycles. The number of nitrogens with one attached hydrogen (secondary N) is 1. The van der Waals surface area contributed by atoms with Crippen LogP contribution in [-0.4, -0.2) is 26.8 Å². The van der Waals surface area contributed by atoms with Crippen LogP contribution in [0, 0.1) is 5.92 Å². The van der Waals surface area contributed by atoms with Gasteiger partial charge in [-0.25, -0.2) is 8.42 Å². The molecule has 0 heterocycles. The molecule has 0 radical (unpaired) electrons. The minimum atomic E-state index is -3.11. The Morgan fingerprint density at radius 2 is 2.00 bits per heavy atom. The molecule has 2 rings (SSSR count). The van der Waals surface area contributed by atoms with Crippen molar-refractivity contribution in [1.29, 1.82) is 0 Å². The molecule has 1 aromatic carbocycles. The van der Waals surface area contributed by atoms with E-state index in [4.69, 9.17) is 5.73 Å². The molecule has 0 aliphatic heterocycles. The van der Waals surface area contributed by atoms with Crippen LogP contribution >= 0.6 is 0 Å². The van der Waals surface area contributed by atoms with Gasteiger partial charge in [0.2, 0.25) is 0 Å². The molecule has 1 aliphatic rings. The lowest BCUT2D eigenvalue weighted by molar-refractivity contribution is 0.229. The van der Waals surface area contributed by atoms with Gasteiger partial charge in [0.05, 0.1) is 4.90 Å². The van der Waals surface area contributed by atoms with Crippen molar-refractivity contribution in [3.8, 4) is 0 Å². The van der Waals surface area contributed by atoms with Crippen molar-refractivity contribution >= 4 is 9.84 Å². The average Bonchev–Trinajstić information content (AvgIpc) is 2.37. The van der Waals surface area contributed by atoms with Crippen LogP contribution in [0.3, 0.4) is 0 Å². The fraction of sp³-hybridized carbons (Fsp3) is 0.625. The normalized spacial score (nSPS) is 26.7. The van der Waals surface area contributed by atoms with Gasteiger partial charge in [-0.15, -0.1) is 0 Å². The molecular weight excluding hydrogens is 284 g/mol. The second-order valence-electron chi connectivity index (χ2n) is 6.58. The first-order chi connectivity index (χ1) is 9.78. The molecular formula is C16H26N2O2S. The van der Waals surface area contributed by atoms with Crippen molar-refractivity contribution in [3.05, 3.63) is 29.8 Å². The van der Waals surface area contributed by atoms with Crippen LogP contribution in [-0.2, 0) is 16.4 Å². The highest BCUT2D eigenvalue weighted by molar-refractivity contribution is 7.90. The Bertz CT molecular complexity index is 568. The molecule has 0 aromatic heterocycles. The van der Waals surface area contributed by atoms with Gasteiger partial charge in [-0.1, -0.05) is 31.9 Å². The summed E-state index contributed by atoms with van der Waals surface area (Å²) in [6.07, 6.45) is 5.88. The fourth-order valence-electron chi connectivity index (χ4n) is 3.17. The third-order valence-electron chi connectivity index (χ3n) is 4.28. The third kappa shape index (κ3) is 4.80. The number of sulfone groups is 1. The zero-order valence-corrected chi connectivity index (χ0v) is 13.7. The second kappa shape index (κ2) is 6.46. The van der Waals surface area contributed by atoms with E-state index < -0.39 is 9.84 Å². The first-order valence-corrected chi connectivity index (χ1v) is 9.46. The number of hydrogen-bond acceptors (Lipinski definition) is 4. The van der Waals surface area contributed by atoms with Crippen molar-refractivity contribution < 1.29 is 8.42 Å². The molecule has 1 fully saturated rings. The Morgan fingerprint density at radius 3 is 2.57 bits per heavy atom. The molecule has 0 bridgehead atoms. The highest BCUT2D eigenvalue weighted by Gasteiger charge is 2.30. The Balaban J connectivity index is 1.86. The summed E-state index contributed by atoms with van der Waals surface area (Å²) in [5.74, 6) is 0.708. The summed E-state index contributed by atoms with van der Waals surface area (Å²) < 4.78 is 22.8. The maximum Gasteiger partial charge on any atom is 0.175 e. The summed E-state index contributed by atoms with van der Waals surface area (Å²) in [5.41, 5.74) is 7.44. The maximum atomic E-state index is 11.4. The van der Waals surface area contributed by atoms with Crippen LogP contribution in [0.25, 0.3) is 0 Å². The molecule has 5 heteroatoms. The zero-order chi connectivity index (χ0) is 15.5. The monoisotopic (exact) mass is 310 g/mol. The van der Waals surface area contributed by atoms with E-state index in [0.29, 0.717) is 10.8 Å². The van der Waals surface area contributed by atoms with E-state index in [1.165, 1.54) is 19.1 Å². The van der Waals surface area contributed by atoms with Gasteiger partial charge >= 0.3 is 0 Å². The second-order valence-corrected chi connectivity index (χ2v) is 8.60. The standard InChI is InChI=1S/C16H26N2O2S/c1-13-4-3-9-16(17,10-13)12-18-11-14-5-7-15(8-6-14)21(2,19)20/h5-8,13,18H,3-4,9-12,17H2,1-2H3. The van der Waals surface area contributed by atoms with E-state index >= 15 is 0 Å². The molecule has 2 atom stereocenters. The summed E-state index contributed by atoms with van der Waals surface area (Å²) in [6.45, 7) is 3.80. The zero-order valence-electron chi connectivity index (χ0n) is 12.9. The van der Waals surface area contributed by atoms with Gasteiger partial charge in [0.15, 0.2) is 9.84 Å². The van der Waals surface area contributed by atoms with Crippen molar-refractivity contribution in [3.63, 3.8) is 0 Å². The number of nitrogens with two attached hydrogens (primary N) is 1. The maximum absolute atomic E-state index is 11.4. The summed E-state index contributed by atoms with van der Waals surface area (Å²) in [5, 5.41) is 3.42. The van der Waals surface area contributed by atoms with Crippen molar-refractivity contribution in [2.45, 2.75) is 49.6 Å². The van der Waals surface area contributed by atoms with E-state index in [9.17, 15) is 8.42 Å². The molecule has 4 nitrogen and oxygen atoms in total. The summed E-state index contributed by atoms with van der Waals surface area (Å²) in [6, 6.07) is 7.03. The molecule has 1 saturated carbocycles. The molecule has 1 aliphatic carbocycles. The SMILES string of the molecule is CC1CCCC(N)(CNCc2ccc(S(C)(=O)=O)cc2)C1. The first-order valence-electron chi connectivity index (χ1n) is 7.57. The molecule has 1 aromatic rings. The lowest BCUT2D eigenvalue weighted by Crippen LogP contribution is -2.51. The fourth-order valence-corrected chi connectivity index (χ4v) is 3.80. The molecule has 3 N–H and O–H groups in total. The van der Waals surface area contributed by atoms with Crippen molar-refractivity contribution in [1.82, 2.24) is 5.32 Å². The van der Waals surface area contributed by atoms with Crippen LogP contribution in [0.2, 0.25) is 0 Å². The highest BCUT2D eigenvalue weighted by atomic mass is 32.2. The summed E-state index contributed by atoms with van der Waals surface area (Å²) in [4.78, 5) is 0.364. The van der Waals surface area contributed by atoms with E-state index in [0.717, 1.165) is 31.5 Å². The van der Waals surface area contributed by atoms with Crippen LogP contribution in [0.4, 0.5) is 0 Å². The Kier molecular flexibility index (Phi) is 5.07. The Morgan fingerprint density at radius 1 is 1.33 bits per heavy atom. The number of benzene rings is 1. The van der Waals surface area contributed by atoms with Crippen LogP contribution in [0.5, 0.6) is 0 Å². The highest BCUT2D eigenvalue weighted by Crippen LogP contribution is 2.29. The summed E-state index contributed by atoms with van der Waals surface area (Å²) >= 11 is 0. The first kappa shape index (κ1) is 16.5. The van der Waals surface area contributed by atoms with E-state index in [1.807, 2.05) is 12.1 Å². The van der Waals surface area contributed by atoms with Gasteiger partial charge in [-0.05, 0) is 36.5 Å². The molecule has 2 unspecified atom stereocenters. The molecule has 0 spiro atoms. The van der Waals surface area contributed by atoms with Gasteiger partial charge in [0.1, 0.15) is 0 Å². The van der Waals surface area contributed by atoms with Crippen molar-refractivity contribution in [2.24, 2.45) is 11.7 Å². The van der Waals surface area contributed by atoms with Crippen LogP contribution in [0.1, 0.15) is 38.2 Å². The van der Waals surface area contributed by atoms with E-state index in [1.54, 1.807) is 12.1 Å². The third-order valence-corrected chi connectivity index (χ3v) is 5.41. The lowest BCUT2D eigenvalue weighted by Gasteiger charge is -2.37. The molecule has 0 amide bonds. The van der Waals surface area contributed by atoms with Crippen LogP contribution < -0.4 is 11.1 Å². The minimum absolute atomic E-state index is 0.0929. The van der Waals surface area contributed by atoms with Gasteiger partial charge in [-0.2, -0.15) is 0 Å². The number of hydrogen-bond donors (Lipinski definition) is 2. The van der Waals surface area contributed by atoms with Gasteiger partial charge in [0.25, 0.3) is 0 Å². The van der Waals surface area contributed by atoms with Gasteiger partial charge < -0.3 is 11.1 Å².